The molecule has 0 N–H and O–H groups in total. The number of benzene rings is 1. The summed E-state index contributed by atoms with van der Waals surface area (Å²) in [6, 6.07) is 8.16. The Morgan fingerprint density at radius 3 is 2.58 bits per heavy atom. The molecule has 0 heterocycles. The van der Waals surface area contributed by atoms with E-state index in [1.807, 2.05) is 18.2 Å². The van der Waals surface area contributed by atoms with Crippen LogP contribution in [0.2, 0.25) is 0 Å². The zero-order valence-corrected chi connectivity index (χ0v) is 9.52. The van der Waals surface area contributed by atoms with Gasteiger partial charge in [-0.2, -0.15) is 5.26 Å². The maximum absolute atomic E-state index is 8.38. The van der Waals surface area contributed by atoms with E-state index < -0.39 is 0 Å². The Labute approximate surface area is 88.7 Å². The number of halogens is 2. The van der Waals surface area contributed by atoms with Crippen molar-refractivity contribution >= 4 is 31.9 Å². The summed E-state index contributed by atoms with van der Waals surface area (Å²) in [4.78, 5) is 0. The number of nitriles is 1. The van der Waals surface area contributed by atoms with E-state index in [4.69, 9.17) is 5.26 Å². The molecule has 1 nitrogen and oxygen atoms in total. The fourth-order valence-electron chi connectivity index (χ4n) is 0.895. The lowest BCUT2D eigenvalue weighted by Crippen LogP contribution is -1.83. The third kappa shape index (κ3) is 2.62. The Balaban J connectivity index is 2.77. The molecule has 0 aromatic heterocycles. The van der Waals surface area contributed by atoms with Crippen molar-refractivity contribution in [2.75, 3.05) is 0 Å². The van der Waals surface area contributed by atoms with Gasteiger partial charge in [0.25, 0.3) is 0 Å². The molecule has 1 rings (SSSR count). The molecule has 0 saturated carbocycles. The van der Waals surface area contributed by atoms with Gasteiger partial charge in [0.05, 0.1) is 6.07 Å². The molecule has 3 heteroatoms. The van der Waals surface area contributed by atoms with Crippen LogP contribution in [-0.2, 0) is 6.42 Å². The van der Waals surface area contributed by atoms with E-state index in [2.05, 4.69) is 37.9 Å². The molecule has 12 heavy (non-hydrogen) atoms. The minimum atomic E-state index is 0.577. The highest BCUT2D eigenvalue weighted by atomic mass is 79.9. The molecule has 0 bridgehead atoms. The van der Waals surface area contributed by atoms with Gasteiger partial charge in [-0.1, -0.05) is 6.07 Å². The molecular weight excluding hydrogens is 282 g/mol. The van der Waals surface area contributed by atoms with Crippen LogP contribution >= 0.6 is 31.9 Å². The van der Waals surface area contributed by atoms with Gasteiger partial charge in [-0.25, -0.2) is 0 Å². The summed E-state index contributed by atoms with van der Waals surface area (Å²) < 4.78 is 2.08. The largest absolute Gasteiger partial charge is 0.198 e. The van der Waals surface area contributed by atoms with Crippen LogP contribution in [0, 0.1) is 11.3 Å². The standard InChI is InChI=1S/C9H7Br2N/c10-8-4-3-7(2-1-5-12)6-9(8)11/h3-4,6H,1-2H2. The van der Waals surface area contributed by atoms with Crippen molar-refractivity contribution in [3.63, 3.8) is 0 Å². The Hall–Kier alpha value is -0.330. The van der Waals surface area contributed by atoms with Crippen molar-refractivity contribution in [3.05, 3.63) is 32.7 Å². The number of aryl methyl sites for hydroxylation is 1. The van der Waals surface area contributed by atoms with Crippen LogP contribution in [-0.4, -0.2) is 0 Å². The highest BCUT2D eigenvalue weighted by Gasteiger charge is 1.97. The van der Waals surface area contributed by atoms with Gasteiger partial charge in [-0.15, -0.1) is 0 Å². The third-order valence-electron chi connectivity index (χ3n) is 1.51. The van der Waals surface area contributed by atoms with E-state index in [1.165, 1.54) is 5.56 Å². The summed E-state index contributed by atoms with van der Waals surface area (Å²) in [5.74, 6) is 0. The van der Waals surface area contributed by atoms with E-state index >= 15 is 0 Å². The summed E-state index contributed by atoms with van der Waals surface area (Å²) in [7, 11) is 0. The van der Waals surface area contributed by atoms with E-state index in [-0.39, 0.29) is 0 Å². The number of nitrogens with zero attached hydrogens (tertiary/aromatic N) is 1. The molecule has 0 unspecified atom stereocenters. The van der Waals surface area contributed by atoms with E-state index in [0.717, 1.165) is 15.4 Å². The van der Waals surface area contributed by atoms with Gasteiger partial charge in [-0.05, 0) is 56.0 Å². The van der Waals surface area contributed by atoms with Gasteiger partial charge in [0.1, 0.15) is 0 Å². The van der Waals surface area contributed by atoms with Gasteiger partial charge in [0, 0.05) is 15.4 Å². The Bertz CT molecular complexity index is 315. The van der Waals surface area contributed by atoms with Gasteiger partial charge >= 0.3 is 0 Å². The maximum Gasteiger partial charge on any atom is 0.0625 e. The molecule has 0 fully saturated rings. The number of hydrogen-bond acceptors (Lipinski definition) is 1. The lowest BCUT2D eigenvalue weighted by molar-refractivity contribution is 1.01. The van der Waals surface area contributed by atoms with Crippen molar-refractivity contribution in [1.82, 2.24) is 0 Å². The van der Waals surface area contributed by atoms with Gasteiger partial charge < -0.3 is 0 Å². The predicted molar refractivity (Wildman–Crippen MR) is 55.8 cm³/mol. The summed E-state index contributed by atoms with van der Waals surface area (Å²) in [6.07, 6.45) is 1.40. The Morgan fingerprint density at radius 2 is 2.00 bits per heavy atom. The van der Waals surface area contributed by atoms with E-state index in [9.17, 15) is 0 Å². The summed E-state index contributed by atoms with van der Waals surface area (Å²) >= 11 is 6.79. The van der Waals surface area contributed by atoms with Crippen LogP contribution in [0.1, 0.15) is 12.0 Å². The third-order valence-corrected chi connectivity index (χ3v) is 3.39. The summed E-state index contributed by atoms with van der Waals surface area (Å²) in [5, 5.41) is 8.38. The van der Waals surface area contributed by atoms with Crippen LogP contribution in [0.15, 0.2) is 27.1 Å². The average Bonchev–Trinajstić information content (AvgIpc) is 2.07. The topological polar surface area (TPSA) is 23.8 Å². The van der Waals surface area contributed by atoms with Crippen molar-refractivity contribution in [1.29, 1.82) is 5.26 Å². The molecular formula is C9H7Br2N. The first-order chi connectivity index (χ1) is 5.74. The van der Waals surface area contributed by atoms with Crippen LogP contribution in [0.5, 0.6) is 0 Å². The molecule has 0 radical (unpaired) electrons. The highest BCUT2D eigenvalue weighted by Crippen LogP contribution is 2.24. The number of rotatable bonds is 2. The first-order valence-corrected chi connectivity index (χ1v) is 5.13. The molecule has 1 aromatic rings. The van der Waals surface area contributed by atoms with Gasteiger partial charge in [0.2, 0.25) is 0 Å². The molecule has 0 aliphatic carbocycles. The number of hydrogen-bond donors (Lipinski definition) is 0. The molecule has 0 spiro atoms. The second kappa shape index (κ2) is 4.64. The SMILES string of the molecule is N#CCCc1ccc(Br)c(Br)c1. The fraction of sp³-hybridized carbons (Fsp3) is 0.222. The zero-order valence-electron chi connectivity index (χ0n) is 6.35. The van der Waals surface area contributed by atoms with Crippen LogP contribution in [0.3, 0.4) is 0 Å². The maximum atomic E-state index is 8.38. The minimum absolute atomic E-state index is 0.577. The first-order valence-electron chi connectivity index (χ1n) is 3.55. The molecule has 1 aromatic carbocycles. The lowest BCUT2D eigenvalue weighted by Gasteiger charge is -1.99. The molecule has 62 valence electrons. The monoisotopic (exact) mass is 287 g/mol. The second-order valence-corrected chi connectivity index (χ2v) is 4.12. The molecule has 0 saturated heterocycles. The second-order valence-electron chi connectivity index (χ2n) is 2.41. The smallest absolute Gasteiger partial charge is 0.0625 e. The highest BCUT2D eigenvalue weighted by molar-refractivity contribution is 9.13. The molecule has 0 atom stereocenters. The zero-order chi connectivity index (χ0) is 8.97. The van der Waals surface area contributed by atoms with Crippen molar-refractivity contribution in [3.8, 4) is 6.07 Å². The Morgan fingerprint density at radius 1 is 1.25 bits per heavy atom. The summed E-state index contributed by atoms with van der Waals surface area (Å²) in [6.45, 7) is 0. The van der Waals surface area contributed by atoms with Crippen molar-refractivity contribution in [2.45, 2.75) is 12.8 Å². The quantitative estimate of drug-likeness (QED) is 0.815. The normalized spacial score (nSPS) is 9.42. The van der Waals surface area contributed by atoms with Crippen LogP contribution in [0.25, 0.3) is 0 Å². The first kappa shape index (κ1) is 9.76. The van der Waals surface area contributed by atoms with E-state index in [1.54, 1.807) is 0 Å². The summed E-state index contributed by atoms with van der Waals surface area (Å²) in [5.41, 5.74) is 1.19. The minimum Gasteiger partial charge on any atom is -0.198 e. The van der Waals surface area contributed by atoms with Crippen molar-refractivity contribution < 1.29 is 0 Å². The van der Waals surface area contributed by atoms with Gasteiger partial charge in [0.15, 0.2) is 0 Å². The molecule has 0 amide bonds. The van der Waals surface area contributed by atoms with Gasteiger partial charge in [-0.3, -0.25) is 0 Å². The van der Waals surface area contributed by atoms with Crippen molar-refractivity contribution in [2.24, 2.45) is 0 Å². The van der Waals surface area contributed by atoms with E-state index in [0.29, 0.717) is 6.42 Å². The predicted octanol–water partition coefficient (Wildman–Crippen LogP) is 3.67. The molecule has 0 aliphatic heterocycles. The fourth-order valence-corrected chi connectivity index (χ4v) is 1.57. The Kier molecular flexibility index (Phi) is 3.77. The van der Waals surface area contributed by atoms with Crippen LogP contribution < -0.4 is 0 Å². The van der Waals surface area contributed by atoms with Crippen LogP contribution in [0.4, 0.5) is 0 Å². The lowest BCUT2D eigenvalue weighted by atomic mass is 10.1. The average molecular weight is 289 g/mol. The molecule has 0 aliphatic rings.